The van der Waals surface area contributed by atoms with Crippen LogP contribution in [0.1, 0.15) is 31.9 Å². The van der Waals surface area contributed by atoms with Crippen LogP contribution >= 0.6 is 11.8 Å². The van der Waals surface area contributed by atoms with Crippen molar-refractivity contribution >= 4 is 17.7 Å². The van der Waals surface area contributed by atoms with Crippen molar-refractivity contribution in [2.75, 3.05) is 0 Å². The number of esters is 1. The zero-order valence-electron chi connectivity index (χ0n) is 14.7. The van der Waals surface area contributed by atoms with E-state index in [2.05, 4.69) is 4.98 Å². The number of aromatic nitrogens is 2. The van der Waals surface area contributed by atoms with Crippen molar-refractivity contribution < 1.29 is 13.9 Å². The van der Waals surface area contributed by atoms with E-state index in [0.29, 0.717) is 16.5 Å². The van der Waals surface area contributed by atoms with E-state index in [1.165, 1.54) is 23.9 Å². The van der Waals surface area contributed by atoms with E-state index in [-0.39, 0.29) is 17.9 Å². The summed E-state index contributed by atoms with van der Waals surface area (Å²) in [4.78, 5) is 28.0. The van der Waals surface area contributed by atoms with Crippen molar-refractivity contribution in [1.82, 2.24) is 9.55 Å². The summed E-state index contributed by atoms with van der Waals surface area (Å²) in [5.74, 6) is -0.200. The molecule has 0 saturated carbocycles. The lowest BCUT2D eigenvalue weighted by atomic mass is 10.2. The number of benzene rings is 1. The predicted octanol–water partition coefficient (Wildman–Crippen LogP) is 3.32. The second kappa shape index (κ2) is 7.82. The first-order valence-corrected chi connectivity index (χ1v) is 8.80. The normalized spacial score (nSPS) is 11.4. The van der Waals surface area contributed by atoms with Gasteiger partial charge in [-0.1, -0.05) is 23.9 Å². The largest absolute Gasteiger partial charge is 0.459 e. The highest BCUT2D eigenvalue weighted by Crippen LogP contribution is 2.21. The Hall–Kier alpha value is -2.15. The molecule has 0 spiro atoms. The summed E-state index contributed by atoms with van der Waals surface area (Å²) in [5.41, 5.74) is 0.432. The van der Waals surface area contributed by atoms with E-state index in [9.17, 15) is 14.0 Å². The third kappa shape index (κ3) is 6.01. The molecule has 0 unspecified atom stereocenters. The predicted molar refractivity (Wildman–Crippen MR) is 95.0 cm³/mol. The number of carbonyl (C=O) groups is 1. The van der Waals surface area contributed by atoms with Gasteiger partial charge in [0.05, 0.1) is 0 Å². The Kier molecular flexibility index (Phi) is 6.00. The van der Waals surface area contributed by atoms with Gasteiger partial charge in [0.25, 0.3) is 5.56 Å². The molecule has 2 aromatic rings. The molecule has 134 valence electrons. The van der Waals surface area contributed by atoms with Crippen LogP contribution in [0.5, 0.6) is 0 Å². The minimum absolute atomic E-state index is 0.0306. The molecule has 2 rings (SSSR count). The van der Waals surface area contributed by atoms with Crippen LogP contribution < -0.4 is 5.56 Å². The lowest BCUT2D eigenvalue weighted by molar-refractivity contribution is -0.155. The molecule has 0 fully saturated rings. The topological polar surface area (TPSA) is 61.2 Å². The van der Waals surface area contributed by atoms with Gasteiger partial charge in [0.15, 0.2) is 5.16 Å². The first-order valence-electron chi connectivity index (χ1n) is 7.81. The third-order valence-electron chi connectivity index (χ3n) is 3.13. The standard InChI is InChI=1S/C18H21FN2O3S/c1-12-9-21(10-15(22)24-18(2,3)4)17(20-16(12)23)25-11-13-5-7-14(19)8-6-13/h5-9H,10-11H2,1-4H3. The Balaban J connectivity index is 2.18. The Labute approximate surface area is 150 Å². The first-order chi connectivity index (χ1) is 11.6. The molecule has 0 saturated heterocycles. The molecular formula is C18H21FN2O3S. The molecule has 25 heavy (non-hydrogen) atoms. The van der Waals surface area contributed by atoms with Crippen LogP contribution in [0.3, 0.4) is 0 Å². The van der Waals surface area contributed by atoms with E-state index in [1.807, 2.05) is 0 Å². The molecule has 0 amide bonds. The maximum absolute atomic E-state index is 13.0. The fourth-order valence-electron chi connectivity index (χ4n) is 2.05. The molecule has 7 heteroatoms. The average Bonchev–Trinajstić information content (AvgIpc) is 2.49. The molecule has 0 aliphatic carbocycles. The van der Waals surface area contributed by atoms with E-state index in [0.717, 1.165) is 5.56 Å². The van der Waals surface area contributed by atoms with E-state index >= 15 is 0 Å². The number of carbonyl (C=O) groups excluding carboxylic acids is 1. The molecular weight excluding hydrogens is 343 g/mol. The van der Waals surface area contributed by atoms with Gasteiger partial charge in [-0.2, -0.15) is 4.98 Å². The van der Waals surface area contributed by atoms with Crippen LogP contribution in [0.4, 0.5) is 4.39 Å². The van der Waals surface area contributed by atoms with E-state index < -0.39 is 11.6 Å². The highest BCUT2D eigenvalue weighted by atomic mass is 32.2. The minimum atomic E-state index is -0.583. The van der Waals surface area contributed by atoms with Gasteiger partial charge in [-0.05, 0) is 45.4 Å². The summed E-state index contributed by atoms with van der Waals surface area (Å²) in [6.45, 7) is 7.00. The van der Waals surface area contributed by atoms with Gasteiger partial charge >= 0.3 is 5.97 Å². The Bertz CT molecular complexity index is 811. The van der Waals surface area contributed by atoms with Gasteiger partial charge in [0.2, 0.25) is 0 Å². The quantitative estimate of drug-likeness (QED) is 0.463. The summed E-state index contributed by atoms with van der Waals surface area (Å²) >= 11 is 1.31. The zero-order valence-corrected chi connectivity index (χ0v) is 15.5. The van der Waals surface area contributed by atoms with Crippen LogP contribution in [0, 0.1) is 12.7 Å². The van der Waals surface area contributed by atoms with E-state index in [4.69, 9.17) is 4.74 Å². The van der Waals surface area contributed by atoms with E-state index in [1.54, 1.807) is 50.6 Å². The number of thioether (sulfide) groups is 1. The molecule has 0 atom stereocenters. The number of ether oxygens (including phenoxy) is 1. The van der Waals surface area contributed by atoms with Gasteiger partial charge in [-0.3, -0.25) is 9.59 Å². The fraction of sp³-hybridized carbons (Fsp3) is 0.389. The van der Waals surface area contributed by atoms with Crippen molar-refractivity contribution in [3.8, 4) is 0 Å². The Morgan fingerprint density at radius 1 is 1.28 bits per heavy atom. The van der Waals surface area contributed by atoms with Crippen molar-refractivity contribution in [3.05, 3.63) is 57.8 Å². The van der Waals surface area contributed by atoms with Gasteiger partial charge in [0.1, 0.15) is 18.0 Å². The Morgan fingerprint density at radius 3 is 2.52 bits per heavy atom. The summed E-state index contributed by atoms with van der Waals surface area (Å²) in [7, 11) is 0. The summed E-state index contributed by atoms with van der Waals surface area (Å²) in [6.07, 6.45) is 1.60. The molecule has 0 radical (unpaired) electrons. The van der Waals surface area contributed by atoms with Crippen molar-refractivity contribution in [3.63, 3.8) is 0 Å². The minimum Gasteiger partial charge on any atom is -0.459 e. The Morgan fingerprint density at radius 2 is 1.92 bits per heavy atom. The highest BCUT2D eigenvalue weighted by molar-refractivity contribution is 7.98. The van der Waals surface area contributed by atoms with Gasteiger partial charge in [0, 0.05) is 17.5 Å². The molecule has 5 nitrogen and oxygen atoms in total. The molecule has 0 aliphatic heterocycles. The lowest BCUT2D eigenvalue weighted by Gasteiger charge is -2.20. The van der Waals surface area contributed by atoms with Crippen LogP contribution in [-0.2, 0) is 21.8 Å². The van der Waals surface area contributed by atoms with Crippen molar-refractivity contribution in [2.45, 2.75) is 50.8 Å². The zero-order chi connectivity index (χ0) is 18.6. The summed E-state index contributed by atoms with van der Waals surface area (Å²) in [6, 6.07) is 6.11. The first kappa shape index (κ1) is 19.2. The molecule has 0 N–H and O–H groups in total. The molecule has 0 aliphatic rings. The number of hydrogen-bond donors (Lipinski definition) is 0. The monoisotopic (exact) mass is 364 g/mol. The van der Waals surface area contributed by atoms with Crippen LogP contribution in [0.15, 0.2) is 40.4 Å². The number of aryl methyl sites for hydroxylation is 1. The van der Waals surface area contributed by atoms with Crippen LogP contribution in [0.2, 0.25) is 0 Å². The molecule has 1 aromatic carbocycles. The number of hydrogen-bond acceptors (Lipinski definition) is 5. The van der Waals surface area contributed by atoms with Gasteiger partial charge in [-0.25, -0.2) is 4.39 Å². The molecule has 1 aromatic heterocycles. The lowest BCUT2D eigenvalue weighted by Crippen LogP contribution is -2.28. The number of halogens is 1. The fourth-order valence-corrected chi connectivity index (χ4v) is 2.97. The maximum atomic E-state index is 13.0. The van der Waals surface area contributed by atoms with Gasteiger partial charge < -0.3 is 9.30 Å². The highest BCUT2D eigenvalue weighted by Gasteiger charge is 2.18. The number of nitrogens with zero attached hydrogens (tertiary/aromatic N) is 2. The van der Waals surface area contributed by atoms with Gasteiger partial charge in [-0.15, -0.1) is 0 Å². The second-order valence-electron chi connectivity index (χ2n) is 6.64. The summed E-state index contributed by atoms with van der Waals surface area (Å²) in [5, 5.41) is 0.422. The third-order valence-corrected chi connectivity index (χ3v) is 4.19. The van der Waals surface area contributed by atoms with Crippen molar-refractivity contribution in [2.24, 2.45) is 0 Å². The van der Waals surface area contributed by atoms with Crippen LogP contribution in [0.25, 0.3) is 0 Å². The average molecular weight is 364 g/mol. The van der Waals surface area contributed by atoms with Crippen molar-refractivity contribution in [1.29, 1.82) is 0 Å². The molecule has 1 heterocycles. The smallest absolute Gasteiger partial charge is 0.326 e. The number of rotatable bonds is 5. The second-order valence-corrected chi connectivity index (χ2v) is 7.58. The molecule has 0 bridgehead atoms. The van der Waals surface area contributed by atoms with Crippen LogP contribution in [-0.4, -0.2) is 21.1 Å². The summed E-state index contributed by atoms with van der Waals surface area (Å²) < 4.78 is 19.9. The SMILES string of the molecule is Cc1cn(CC(=O)OC(C)(C)C)c(SCc2ccc(F)cc2)nc1=O. The maximum Gasteiger partial charge on any atom is 0.326 e.